The van der Waals surface area contributed by atoms with Gasteiger partial charge in [0, 0.05) is 0 Å². The van der Waals surface area contributed by atoms with Gasteiger partial charge in [-0.05, 0) is 61.1 Å². The molecular weight excluding hydrogens is 314 g/mol. The summed E-state index contributed by atoms with van der Waals surface area (Å²) in [5, 5.41) is 3.10. The molecule has 1 unspecified atom stereocenters. The first-order valence-corrected chi connectivity index (χ1v) is 8.99. The second-order valence-electron chi connectivity index (χ2n) is 6.32. The Hall–Kier alpha value is -2.49. The third kappa shape index (κ3) is 4.75. The minimum atomic E-state index is -0.0898. The molecule has 1 aliphatic rings. The summed E-state index contributed by atoms with van der Waals surface area (Å²) in [6.45, 7) is 2.79. The Labute approximate surface area is 149 Å². The Balaban J connectivity index is 1.50. The lowest BCUT2D eigenvalue weighted by molar-refractivity contribution is -0.123. The number of amides is 1. The van der Waals surface area contributed by atoms with Crippen LogP contribution in [0.3, 0.4) is 0 Å². The molecule has 0 spiro atoms. The molecule has 4 heteroatoms. The van der Waals surface area contributed by atoms with Crippen molar-refractivity contribution in [3.8, 4) is 11.5 Å². The highest BCUT2D eigenvalue weighted by atomic mass is 16.5. The molecule has 1 aliphatic carbocycles. The van der Waals surface area contributed by atoms with Crippen LogP contribution in [0.5, 0.6) is 11.5 Å². The fraction of sp³-hybridized carbons (Fsp3) is 0.381. The largest absolute Gasteiger partial charge is 0.494 e. The third-order valence-corrected chi connectivity index (χ3v) is 4.37. The Morgan fingerprint density at radius 3 is 2.56 bits per heavy atom. The van der Waals surface area contributed by atoms with Gasteiger partial charge in [-0.1, -0.05) is 31.2 Å². The highest BCUT2D eigenvalue weighted by Gasteiger charge is 2.21. The molecule has 4 nitrogen and oxygen atoms in total. The van der Waals surface area contributed by atoms with E-state index in [1.54, 1.807) is 0 Å². The van der Waals surface area contributed by atoms with E-state index >= 15 is 0 Å². The Bertz CT molecular complexity index is 697. The van der Waals surface area contributed by atoms with Crippen molar-refractivity contribution in [3.63, 3.8) is 0 Å². The van der Waals surface area contributed by atoms with E-state index in [0.29, 0.717) is 12.4 Å². The number of aryl methyl sites for hydroxylation is 1. The number of ether oxygens (including phenoxy) is 2. The van der Waals surface area contributed by atoms with Gasteiger partial charge in [0.1, 0.15) is 11.5 Å². The van der Waals surface area contributed by atoms with Crippen LogP contribution in [0.15, 0.2) is 48.5 Å². The van der Waals surface area contributed by atoms with Crippen molar-refractivity contribution in [2.75, 3.05) is 13.2 Å². The summed E-state index contributed by atoms with van der Waals surface area (Å²) in [6, 6.07) is 15.8. The molecule has 0 aliphatic heterocycles. The van der Waals surface area contributed by atoms with E-state index in [9.17, 15) is 4.79 Å². The van der Waals surface area contributed by atoms with Gasteiger partial charge in [0.15, 0.2) is 6.61 Å². The number of benzene rings is 2. The first-order chi connectivity index (χ1) is 12.3. The quantitative estimate of drug-likeness (QED) is 0.828. The molecule has 2 aromatic carbocycles. The van der Waals surface area contributed by atoms with Crippen LogP contribution in [0.2, 0.25) is 0 Å². The fourth-order valence-corrected chi connectivity index (χ4v) is 3.14. The number of carbonyl (C=O) groups excluding carboxylic acids is 1. The molecule has 0 aromatic heterocycles. The van der Waals surface area contributed by atoms with Gasteiger partial charge in [-0.2, -0.15) is 0 Å². The lowest BCUT2D eigenvalue weighted by Crippen LogP contribution is -2.34. The van der Waals surface area contributed by atoms with Crippen LogP contribution in [-0.4, -0.2) is 19.1 Å². The Morgan fingerprint density at radius 1 is 1.08 bits per heavy atom. The van der Waals surface area contributed by atoms with Gasteiger partial charge in [-0.3, -0.25) is 4.79 Å². The van der Waals surface area contributed by atoms with Gasteiger partial charge in [0.05, 0.1) is 12.6 Å². The van der Waals surface area contributed by atoms with E-state index < -0.39 is 0 Å². The number of rotatable bonds is 7. The molecule has 132 valence electrons. The molecule has 1 amide bonds. The maximum atomic E-state index is 12.2. The molecule has 0 heterocycles. The number of fused-ring (bicyclic) bond motifs is 1. The van der Waals surface area contributed by atoms with Gasteiger partial charge in [-0.25, -0.2) is 0 Å². The van der Waals surface area contributed by atoms with Crippen molar-refractivity contribution >= 4 is 5.91 Å². The summed E-state index contributed by atoms with van der Waals surface area (Å²) in [7, 11) is 0. The molecular formula is C21H25NO3. The molecule has 25 heavy (non-hydrogen) atoms. The predicted octanol–water partition coefficient (Wildman–Crippen LogP) is 4.05. The van der Waals surface area contributed by atoms with Crippen molar-refractivity contribution in [2.45, 2.75) is 38.6 Å². The standard InChI is InChI=1S/C21H25NO3/c1-2-14-24-17-10-12-18(13-11-17)25-15-21(23)22-20-9-5-7-16-6-3-4-8-19(16)20/h3-4,6,8,10-13,20H,2,5,7,9,14-15H2,1H3,(H,22,23). The zero-order chi connectivity index (χ0) is 17.5. The normalized spacial score (nSPS) is 16.0. The summed E-state index contributed by atoms with van der Waals surface area (Å²) in [6.07, 6.45) is 4.14. The van der Waals surface area contributed by atoms with E-state index in [2.05, 4.69) is 30.4 Å². The molecule has 0 saturated carbocycles. The third-order valence-electron chi connectivity index (χ3n) is 4.37. The summed E-state index contributed by atoms with van der Waals surface area (Å²) < 4.78 is 11.1. The number of hydrogen-bond donors (Lipinski definition) is 1. The summed E-state index contributed by atoms with van der Waals surface area (Å²) in [4.78, 5) is 12.2. The van der Waals surface area contributed by atoms with Crippen LogP contribution < -0.4 is 14.8 Å². The zero-order valence-electron chi connectivity index (χ0n) is 14.7. The molecule has 0 saturated heterocycles. The average Bonchev–Trinajstić information content (AvgIpc) is 2.66. The van der Waals surface area contributed by atoms with Crippen molar-refractivity contribution in [3.05, 3.63) is 59.7 Å². The van der Waals surface area contributed by atoms with Crippen molar-refractivity contribution in [1.82, 2.24) is 5.32 Å². The Morgan fingerprint density at radius 2 is 1.80 bits per heavy atom. The van der Waals surface area contributed by atoms with Crippen LogP contribution in [-0.2, 0) is 11.2 Å². The first-order valence-electron chi connectivity index (χ1n) is 8.99. The maximum absolute atomic E-state index is 12.2. The lowest BCUT2D eigenvalue weighted by atomic mass is 9.88. The Kier molecular flexibility index (Phi) is 5.94. The molecule has 0 bridgehead atoms. The van der Waals surface area contributed by atoms with E-state index in [1.165, 1.54) is 11.1 Å². The predicted molar refractivity (Wildman–Crippen MR) is 98.0 cm³/mol. The van der Waals surface area contributed by atoms with Crippen molar-refractivity contribution in [1.29, 1.82) is 0 Å². The highest BCUT2D eigenvalue weighted by Crippen LogP contribution is 2.29. The summed E-state index contributed by atoms with van der Waals surface area (Å²) >= 11 is 0. The van der Waals surface area contributed by atoms with Gasteiger partial charge in [0.25, 0.3) is 5.91 Å². The molecule has 1 atom stereocenters. The van der Waals surface area contributed by atoms with E-state index in [4.69, 9.17) is 9.47 Å². The zero-order valence-corrected chi connectivity index (χ0v) is 14.7. The minimum Gasteiger partial charge on any atom is -0.494 e. The van der Waals surface area contributed by atoms with Crippen LogP contribution in [0.25, 0.3) is 0 Å². The van der Waals surface area contributed by atoms with Gasteiger partial charge in [0.2, 0.25) is 0 Å². The summed E-state index contributed by atoms with van der Waals surface area (Å²) in [5.74, 6) is 1.40. The molecule has 0 fully saturated rings. The van der Waals surface area contributed by atoms with Crippen LogP contribution >= 0.6 is 0 Å². The second-order valence-corrected chi connectivity index (χ2v) is 6.32. The van der Waals surface area contributed by atoms with Crippen LogP contribution in [0.4, 0.5) is 0 Å². The molecule has 0 radical (unpaired) electrons. The SMILES string of the molecule is CCCOc1ccc(OCC(=O)NC2CCCc3ccccc32)cc1. The average molecular weight is 339 g/mol. The van der Waals surface area contributed by atoms with E-state index in [-0.39, 0.29) is 18.6 Å². The smallest absolute Gasteiger partial charge is 0.258 e. The van der Waals surface area contributed by atoms with Crippen LogP contribution in [0.1, 0.15) is 43.4 Å². The number of carbonyl (C=O) groups is 1. The molecule has 3 rings (SSSR count). The van der Waals surface area contributed by atoms with E-state index in [0.717, 1.165) is 31.4 Å². The second kappa shape index (κ2) is 8.56. The first kappa shape index (κ1) is 17.3. The van der Waals surface area contributed by atoms with Gasteiger partial charge < -0.3 is 14.8 Å². The van der Waals surface area contributed by atoms with Gasteiger partial charge >= 0.3 is 0 Å². The number of hydrogen-bond acceptors (Lipinski definition) is 3. The lowest BCUT2D eigenvalue weighted by Gasteiger charge is -2.26. The van der Waals surface area contributed by atoms with E-state index in [1.807, 2.05) is 30.3 Å². The van der Waals surface area contributed by atoms with Crippen molar-refractivity contribution in [2.24, 2.45) is 0 Å². The monoisotopic (exact) mass is 339 g/mol. The topological polar surface area (TPSA) is 47.6 Å². The molecule has 2 aromatic rings. The van der Waals surface area contributed by atoms with Gasteiger partial charge in [-0.15, -0.1) is 0 Å². The van der Waals surface area contributed by atoms with Crippen LogP contribution in [0, 0.1) is 0 Å². The minimum absolute atomic E-state index is 0.0217. The number of nitrogens with one attached hydrogen (secondary N) is 1. The fourth-order valence-electron chi connectivity index (χ4n) is 3.14. The maximum Gasteiger partial charge on any atom is 0.258 e. The molecule has 1 N–H and O–H groups in total. The van der Waals surface area contributed by atoms with Crippen molar-refractivity contribution < 1.29 is 14.3 Å². The summed E-state index contributed by atoms with van der Waals surface area (Å²) in [5.41, 5.74) is 2.57. The highest BCUT2D eigenvalue weighted by molar-refractivity contribution is 5.78.